The average Bonchev–Trinajstić information content (AvgIpc) is 3.20. The Hall–Kier alpha value is -3.95. The Balaban J connectivity index is 1.50. The SMILES string of the molecule is Cc1cc(F)c(Nc2ncnc3ccc(NC(=O)Cn4nc(SC(CC(=O)O)C(=O)O)sc4=S)cc23)cc1C. The average molecular weight is 589 g/mol. The fourth-order valence-corrected chi connectivity index (χ4v) is 5.96. The van der Waals surface area contributed by atoms with Gasteiger partial charge in [-0.05, 0) is 67.5 Å². The molecule has 1 amide bonds. The Morgan fingerprint density at radius 2 is 1.90 bits per heavy atom. The monoisotopic (exact) mass is 588 g/mol. The van der Waals surface area contributed by atoms with Crippen LogP contribution in [0, 0.1) is 23.6 Å². The molecule has 202 valence electrons. The third kappa shape index (κ3) is 6.93. The van der Waals surface area contributed by atoms with Crippen molar-refractivity contribution in [3.05, 3.63) is 57.6 Å². The fraction of sp³-hybridized carbons (Fsp3) is 0.208. The number of carboxylic acids is 2. The number of aryl methyl sites for hydroxylation is 2. The number of halogens is 1. The number of aliphatic carboxylic acids is 2. The van der Waals surface area contributed by atoms with Crippen molar-refractivity contribution in [2.24, 2.45) is 0 Å². The molecule has 0 fully saturated rings. The molecule has 0 aliphatic carbocycles. The zero-order valence-electron chi connectivity index (χ0n) is 20.5. The van der Waals surface area contributed by atoms with Crippen LogP contribution in [-0.4, -0.2) is 53.1 Å². The third-order valence-corrected chi connectivity index (χ3v) is 8.09. The highest BCUT2D eigenvalue weighted by Gasteiger charge is 2.24. The Morgan fingerprint density at radius 3 is 2.62 bits per heavy atom. The molecule has 4 aromatic rings. The van der Waals surface area contributed by atoms with E-state index in [0.717, 1.165) is 34.2 Å². The van der Waals surface area contributed by atoms with E-state index >= 15 is 0 Å². The Labute approximate surface area is 234 Å². The number of thioether (sulfide) groups is 1. The molecule has 0 saturated heterocycles. The van der Waals surface area contributed by atoms with Crippen LogP contribution in [0.3, 0.4) is 0 Å². The summed E-state index contributed by atoms with van der Waals surface area (Å²) in [4.78, 5) is 43.5. The summed E-state index contributed by atoms with van der Waals surface area (Å²) in [5.41, 5.74) is 2.99. The number of amides is 1. The van der Waals surface area contributed by atoms with Crippen molar-refractivity contribution in [1.29, 1.82) is 0 Å². The van der Waals surface area contributed by atoms with Gasteiger partial charge in [0.25, 0.3) is 0 Å². The molecule has 15 heteroatoms. The number of nitrogens with zero attached hydrogens (tertiary/aromatic N) is 4. The molecule has 1 atom stereocenters. The van der Waals surface area contributed by atoms with Crippen molar-refractivity contribution in [3.8, 4) is 0 Å². The quantitative estimate of drug-likeness (QED) is 0.149. The molecule has 39 heavy (non-hydrogen) atoms. The number of carboxylic acid groups (broad SMARTS) is 2. The molecule has 0 saturated carbocycles. The predicted molar refractivity (Wildman–Crippen MR) is 148 cm³/mol. The number of hydrogen-bond acceptors (Lipinski definition) is 10. The van der Waals surface area contributed by atoms with Crippen LogP contribution in [-0.2, 0) is 20.9 Å². The van der Waals surface area contributed by atoms with Crippen molar-refractivity contribution in [2.75, 3.05) is 10.6 Å². The lowest BCUT2D eigenvalue weighted by molar-refractivity contribution is -0.142. The van der Waals surface area contributed by atoms with Gasteiger partial charge in [0.05, 0.1) is 17.6 Å². The lowest BCUT2D eigenvalue weighted by Gasteiger charge is -2.12. The number of carbonyl (C=O) groups excluding carboxylic acids is 1. The molecule has 0 radical (unpaired) electrons. The van der Waals surface area contributed by atoms with Gasteiger partial charge in [-0.15, -0.1) is 0 Å². The van der Waals surface area contributed by atoms with Crippen molar-refractivity contribution < 1.29 is 29.0 Å². The van der Waals surface area contributed by atoms with Crippen LogP contribution in [0.5, 0.6) is 0 Å². The molecule has 2 aromatic heterocycles. The molecule has 4 rings (SSSR count). The van der Waals surface area contributed by atoms with Crippen molar-refractivity contribution in [3.63, 3.8) is 0 Å². The maximum atomic E-state index is 14.5. The summed E-state index contributed by atoms with van der Waals surface area (Å²) in [6, 6.07) is 8.12. The minimum atomic E-state index is -1.29. The Kier molecular flexibility index (Phi) is 8.52. The summed E-state index contributed by atoms with van der Waals surface area (Å²) in [6.45, 7) is 3.44. The van der Waals surface area contributed by atoms with Crippen molar-refractivity contribution in [2.45, 2.75) is 36.4 Å². The first-order chi connectivity index (χ1) is 18.5. The Bertz CT molecular complexity index is 1660. The Morgan fingerprint density at radius 1 is 1.15 bits per heavy atom. The normalized spacial score (nSPS) is 11.8. The van der Waals surface area contributed by atoms with Crippen LogP contribution in [0.25, 0.3) is 10.9 Å². The first-order valence-corrected chi connectivity index (χ1v) is 13.4. The van der Waals surface area contributed by atoms with E-state index in [4.69, 9.17) is 17.3 Å². The van der Waals surface area contributed by atoms with E-state index in [9.17, 15) is 23.9 Å². The van der Waals surface area contributed by atoms with Gasteiger partial charge in [0.15, 0.2) is 8.29 Å². The molecule has 11 nitrogen and oxygen atoms in total. The molecular weight excluding hydrogens is 568 g/mol. The molecule has 0 aliphatic rings. The molecule has 2 aromatic carbocycles. The van der Waals surface area contributed by atoms with Gasteiger partial charge >= 0.3 is 11.9 Å². The highest BCUT2D eigenvalue weighted by Crippen LogP contribution is 2.30. The van der Waals surface area contributed by atoms with Crippen LogP contribution in [0.15, 0.2) is 41.0 Å². The largest absolute Gasteiger partial charge is 0.481 e. The molecule has 0 aliphatic heterocycles. The maximum absolute atomic E-state index is 14.5. The van der Waals surface area contributed by atoms with Gasteiger partial charge in [-0.25, -0.2) is 19.0 Å². The number of benzene rings is 2. The first kappa shape index (κ1) is 28.1. The van der Waals surface area contributed by atoms with Crippen LogP contribution < -0.4 is 10.6 Å². The number of nitrogens with one attached hydrogen (secondary N) is 2. The van der Waals surface area contributed by atoms with Gasteiger partial charge in [0.1, 0.15) is 29.8 Å². The van der Waals surface area contributed by atoms with E-state index in [2.05, 4.69) is 25.7 Å². The molecule has 1 unspecified atom stereocenters. The standard InChI is InChI=1S/C24H21FN6O5S3/c1-11-5-15(25)17(6-12(11)2)29-21-14-7-13(3-4-16(14)26-10-27-21)28-19(32)9-31-24(37)39-23(30-31)38-18(22(35)36)8-20(33)34/h3-7,10,18H,8-9H2,1-2H3,(H,28,32)(H,33,34)(H,35,36)(H,26,27,29). The van der Waals surface area contributed by atoms with E-state index in [-0.39, 0.29) is 20.5 Å². The van der Waals surface area contributed by atoms with E-state index in [0.29, 0.717) is 22.4 Å². The topological polar surface area (TPSA) is 159 Å². The number of carbonyl (C=O) groups is 3. The summed E-state index contributed by atoms with van der Waals surface area (Å²) in [5.74, 6) is -3.07. The van der Waals surface area contributed by atoms with Gasteiger partial charge in [0, 0.05) is 11.1 Å². The van der Waals surface area contributed by atoms with E-state index < -0.39 is 35.3 Å². The van der Waals surface area contributed by atoms with Gasteiger partial charge in [-0.3, -0.25) is 14.4 Å². The third-order valence-electron chi connectivity index (χ3n) is 5.52. The number of aromatic nitrogens is 4. The lowest BCUT2D eigenvalue weighted by atomic mass is 10.1. The van der Waals surface area contributed by atoms with Crippen molar-refractivity contribution >= 4 is 81.3 Å². The number of rotatable bonds is 10. The molecule has 0 spiro atoms. The minimum Gasteiger partial charge on any atom is -0.481 e. The van der Waals surface area contributed by atoms with Crippen LogP contribution in [0.4, 0.5) is 21.6 Å². The summed E-state index contributed by atoms with van der Waals surface area (Å²) in [6.07, 6.45) is 0.762. The summed E-state index contributed by atoms with van der Waals surface area (Å²) in [7, 11) is 0. The van der Waals surface area contributed by atoms with Gasteiger partial charge in [0.2, 0.25) is 5.91 Å². The molecule has 2 heterocycles. The van der Waals surface area contributed by atoms with E-state index in [1.807, 2.05) is 13.8 Å². The summed E-state index contributed by atoms with van der Waals surface area (Å²) in [5, 5.41) is 27.4. The zero-order valence-corrected chi connectivity index (χ0v) is 22.9. The second kappa shape index (κ2) is 11.8. The van der Waals surface area contributed by atoms with Crippen LogP contribution in [0.2, 0.25) is 0 Å². The minimum absolute atomic E-state index is 0.223. The molecule has 4 N–H and O–H groups in total. The van der Waals surface area contributed by atoms with Crippen molar-refractivity contribution in [1.82, 2.24) is 19.7 Å². The highest BCUT2D eigenvalue weighted by atomic mass is 32.2. The summed E-state index contributed by atoms with van der Waals surface area (Å²) >= 11 is 6.98. The second-order valence-corrected chi connectivity index (χ2v) is 11.5. The lowest BCUT2D eigenvalue weighted by Crippen LogP contribution is -2.21. The van der Waals surface area contributed by atoms with E-state index in [1.165, 1.54) is 17.1 Å². The predicted octanol–water partition coefficient (Wildman–Crippen LogP) is 4.78. The van der Waals surface area contributed by atoms with Crippen LogP contribution in [0.1, 0.15) is 17.5 Å². The second-order valence-electron chi connectivity index (χ2n) is 8.38. The smallest absolute Gasteiger partial charge is 0.317 e. The van der Waals surface area contributed by atoms with Crippen LogP contribution >= 0.6 is 35.3 Å². The van der Waals surface area contributed by atoms with Gasteiger partial charge in [-0.1, -0.05) is 23.1 Å². The fourth-order valence-electron chi connectivity index (χ4n) is 3.47. The van der Waals surface area contributed by atoms with E-state index in [1.54, 1.807) is 24.3 Å². The molecular formula is C24H21FN6O5S3. The van der Waals surface area contributed by atoms with Gasteiger partial charge < -0.3 is 20.8 Å². The first-order valence-electron chi connectivity index (χ1n) is 11.3. The number of hydrogen-bond donors (Lipinski definition) is 4. The zero-order chi connectivity index (χ0) is 28.3. The maximum Gasteiger partial charge on any atom is 0.317 e. The number of fused-ring (bicyclic) bond motifs is 1. The van der Waals surface area contributed by atoms with Gasteiger partial charge in [-0.2, -0.15) is 5.10 Å². The number of anilines is 3. The highest BCUT2D eigenvalue weighted by molar-refractivity contribution is 8.02. The molecule has 0 bridgehead atoms. The summed E-state index contributed by atoms with van der Waals surface area (Å²) < 4.78 is 16.2.